The second-order valence-corrected chi connectivity index (χ2v) is 4.85. The molecule has 0 bridgehead atoms. The quantitative estimate of drug-likeness (QED) is 0.332. The molecule has 0 aliphatic carbocycles. The zero-order chi connectivity index (χ0) is 19.3. The molecule has 0 spiro atoms. The molecule has 0 amide bonds. The molecule has 0 saturated heterocycles. The largest absolute Gasteiger partial charge is 0.490 e. The minimum Gasteiger partial charge on any atom is -0.490 e. The molecule has 0 fully saturated rings. The lowest BCUT2D eigenvalue weighted by atomic mass is 10.1. The number of nitro benzene ring substituents is 2. The van der Waals surface area contributed by atoms with E-state index in [9.17, 15) is 25.0 Å². The molecule has 0 radical (unpaired) electrons. The van der Waals surface area contributed by atoms with Crippen molar-refractivity contribution in [1.82, 2.24) is 0 Å². The van der Waals surface area contributed by atoms with Crippen LogP contribution >= 0.6 is 0 Å². The number of carbonyl (C=O) groups is 1. The van der Waals surface area contributed by atoms with E-state index < -0.39 is 27.2 Å². The van der Waals surface area contributed by atoms with Gasteiger partial charge in [0.05, 0.1) is 39.7 Å². The number of nitro groups is 2. The minimum absolute atomic E-state index is 0.0231. The second kappa shape index (κ2) is 7.71. The van der Waals surface area contributed by atoms with Gasteiger partial charge in [0.25, 0.3) is 11.4 Å². The summed E-state index contributed by atoms with van der Waals surface area (Å²) in [6.07, 6.45) is 0. The fraction of sp³-hybridized carbons (Fsp3) is 0.125. The first-order chi connectivity index (χ1) is 12.3. The van der Waals surface area contributed by atoms with Gasteiger partial charge in [-0.1, -0.05) is 0 Å². The summed E-state index contributed by atoms with van der Waals surface area (Å²) in [5, 5.41) is 30.7. The lowest BCUT2D eigenvalue weighted by Gasteiger charge is -2.10. The highest BCUT2D eigenvalue weighted by Crippen LogP contribution is 2.30. The summed E-state index contributed by atoms with van der Waals surface area (Å²) in [4.78, 5) is 32.4. The topological polar surface area (TPSA) is 146 Å². The average molecular weight is 357 g/mol. The normalized spacial score (nSPS) is 9.85. The van der Waals surface area contributed by atoms with E-state index in [1.165, 1.54) is 18.2 Å². The van der Waals surface area contributed by atoms with Crippen LogP contribution in [0.2, 0.25) is 0 Å². The summed E-state index contributed by atoms with van der Waals surface area (Å²) in [5.41, 5.74) is -1.32. The number of benzene rings is 2. The van der Waals surface area contributed by atoms with Gasteiger partial charge in [-0.3, -0.25) is 20.2 Å². The SMILES string of the molecule is CCOc1cc(C#N)ccc1OC(=O)c1cc([N+](=O)[O-])cc([N+](=O)[O-])c1. The molecule has 0 aromatic heterocycles. The van der Waals surface area contributed by atoms with Gasteiger partial charge < -0.3 is 9.47 Å². The zero-order valence-corrected chi connectivity index (χ0v) is 13.4. The van der Waals surface area contributed by atoms with Gasteiger partial charge in [-0.2, -0.15) is 5.26 Å². The van der Waals surface area contributed by atoms with Crippen LogP contribution in [0.15, 0.2) is 36.4 Å². The Bertz CT molecular complexity index is 902. The van der Waals surface area contributed by atoms with E-state index in [0.717, 1.165) is 18.2 Å². The van der Waals surface area contributed by atoms with Gasteiger partial charge in [-0.25, -0.2) is 4.79 Å². The first-order valence-electron chi connectivity index (χ1n) is 7.18. The van der Waals surface area contributed by atoms with Crippen LogP contribution in [-0.2, 0) is 0 Å². The molecule has 2 aromatic carbocycles. The van der Waals surface area contributed by atoms with Gasteiger partial charge in [-0.05, 0) is 19.1 Å². The fourth-order valence-electron chi connectivity index (χ4n) is 2.01. The zero-order valence-electron chi connectivity index (χ0n) is 13.4. The highest BCUT2D eigenvalue weighted by molar-refractivity contribution is 5.93. The molecule has 0 saturated carbocycles. The second-order valence-electron chi connectivity index (χ2n) is 4.85. The molecule has 0 heterocycles. The average Bonchev–Trinajstić information content (AvgIpc) is 2.62. The summed E-state index contributed by atoms with van der Waals surface area (Å²) in [7, 11) is 0. The molecule has 2 aromatic rings. The van der Waals surface area contributed by atoms with Gasteiger partial charge in [0, 0.05) is 18.2 Å². The number of hydrogen-bond donors (Lipinski definition) is 0. The Morgan fingerprint density at radius 2 is 1.69 bits per heavy atom. The highest BCUT2D eigenvalue weighted by atomic mass is 16.6. The summed E-state index contributed by atoms with van der Waals surface area (Å²) >= 11 is 0. The third kappa shape index (κ3) is 4.09. The maximum absolute atomic E-state index is 12.3. The molecule has 0 aliphatic rings. The molecule has 0 aliphatic heterocycles. The molecular weight excluding hydrogens is 346 g/mol. The first kappa shape index (κ1) is 18.3. The summed E-state index contributed by atoms with van der Waals surface area (Å²) in [6, 6.07) is 8.48. The predicted octanol–water partition coefficient (Wildman–Crippen LogP) is 2.99. The van der Waals surface area contributed by atoms with Crippen LogP contribution in [0.3, 0.4) is 0 Å². The van der Waals surface area contributed by atoms with Gasteiger partial charge in [0.2, 0.25) is 0 Å². The van der Waals surface area contributed by atoms with Gasteiger partial charge >= 0.3 is 5.97 Å². The molecule has 10 nitrogen and oxygen atoms in total. The molecule has 2 rings (SSSR count). The molecular formula is C16H11N3O7. The number of nitriles is 1. The Hall–Kier alpha value is -4.00. The van der Waals surface area contributed by atoms with E-state index in [0.29, 0.717) is 0 Å². The summed E-state index contributed by atoms with van der Waals surface area (Å²) in [6.45, 7) is 1.93. The van der Waals surface area contributed by atoms with Crippen LogP contribution in [0.5, 0.6) is 11.5 Å². The molecule has 0 N–H and O–H groups in total. The van der Waals surface area contributed by atoms with Gasteiger partial charge in [-0.15, -0.1) is 0 Å². The maximum atomic E-state index is 12.3. The van der Waals surface area contributed by atoms with Crippen LogP contribution in [0.4, 0.5) is 11.4 Å². The van der Waals surface area contributed by atoms with Crippen molar-refractivity contribution in [3.05, 3.63) is 67.8 Å². The van der Waals surface area contributed by atoms with Crippen molar-refractivity contribution >= 4 is 17.3 Å². The smallest absolute Gasteiger partial charge is 0.344 e. The lowest BCUT2D eigenvalue weighted by molar-refractivity contribution is -0.394. The van der Waals surface area contributed by atoms with Crippen molar-refractivity contribution in [2.75, 3.05) is 6.61 Å². The number of non-ortho nitro benzene ring substituents is 2. The first-order valence-corrected chi connectivity index (χ1v) is 7.18. The number of rotatable bonds is 6. The van der Waals surface area contributed by atoms with Crippen LogP contribution in [0.1, 0.15) is 22.8 Å². The van der Waals surface area contributed by atoms with Crippen molar-refractivity contribution in [3.8, 4) is 17.6 Å². The number of nitrogens with zero attached hydrogens (tertiary/aromatic N) is 3. The Morgan fingerprint density at radius 1 is 1.08 bits per heavy atom. The maximum Gasteiger partial charge on any atom is 0.344 e. The molecule has 26 heavy (non-hydrogen) atoms. The Balaban J connectivity index is 2.40. The van der Waals surface area contributed by atoms with Gasteiger partial charge in [0.15, 0.2) is 11.5 Å². The van der Waals surface area contributed by atoms with Crippen LogP contribution < -0.4 is 9.47 Å². The van der Waals surface area contributed by atoms with Crippen molar-refractivity contribution in [2.45, 2.75) is 6.92 Å². The molecule has 0 atom stereocenters. The van der Waals surface area contributed by atoms with E-state index in [2.05, 4.69) is 0 Å². The standard InChI is InChI=1S/C16H11N3O7/c1-2-25-15-5-10(9-17)3-4-14(15)26-16(20)11-6-12(18(21)22)8-13(7-11)19(23)24/h3-8H,2H2,1H3. The van der Waals surface area contributed by atoms with Crippen LogP contribution in [0.25, 0.3) is 0 Å². The lowest BCUT2D eigenvalue weighted by Crippen LogP contribution is -2.11. The van der Waals surface area contributed by atoms with Crippen LogP contribution in [0, 0.1) is 31.6 Å². The van der Waals surface area contributed by atoms with E-state index >= 15 is 0 Å². The molecule has 0 unspecified atom stereocenters. The number of ether oxygens (including phenoxy) is 2. The minimum atomic E-state index is -1.04. The fourth-order valence-corrected chi connectivity index (χ4v) is 2.01. The van der Waals surface area contributed by atoms with Crippen LogP contribution in [-0.4, -0.2) is 22.4 Å². The Kier molecular flexibility index (Phi) is 5.44. The van der Waals surface area contributed by atoms with Crippen molar-refractivity contribution in [1.29, 1.82) is 5.26 Å². The number of hydrogen-bond acceptors (Lipinski definition) is 8. The van der Waals surface area contributed by atoms with E-state index in [1.54, 1.807) is 6.92 Å². The third-order valence-electron chi connectivity index (χ3n) is 3.14. The van der Waals surface area contributed by atoms with E-state index in [1.807, 2.05) is 6.07 Å². The molecule has 10 heteroatoms. The molecule has 132 valence electrons. The number of esters is 1. The van der Waals surface area contributed by atoms with E-state index in [4.69, 9.17) is 14.7 Å². The van der Waals surface area contributed by atoms with Gasteiger partial charge in [0.1, 0.15) is 0 Å². The van der Waals surface area contributed by atoms with E-state index in [-0.39, 0.29) is 29.2 Å². The summed E-state index contributed by atoms with van der Waals surface area (Å²) < 4.78 is 10.4. The predicted molar refractivity (Wildman–Crippen MR) is 87.0 cm³/mol. The van der Waals surface area contributed by atoms with Crippen molar-refractivity contribution < 1.29 is 24.1 Å². The summed E-state index contributed by atoms with van der Waals surface area (Å²) in [5.74, 6) is -0.938. The van der Waals surface area contributed by atoms with Crippen molar-refractivity contribution in [3.63, 3.8) is 0 Å². The Morgan fingerprint density at radius 3 is 2.19 bits per heavy atom. The van der Waals surface area contributed by atoms with Crippen molar-refractivity contribution in [2.24, 2.45) is 0 Å². The third-order valence-corrected chi connectivity index (χ3v) is 3.14. The highest BCUT2D eigenvalue weighted by Gasteiger charge is 2.22. The number of carbonyl (C=O) groups excluding carboxylic acids is 1. The Labute approximate surface area is 146 Å². The monoisotopic (exact) mass is 357 g/mol.